The van der Waals surface area contributed by atoms with Crippen LogP contribution in [0.1, 0.15) is 0 Å². The van der Waals surface area contributed by atoms with Crippen LogP contribution in [0.25, 0.3) is 105 Å². The topological polar surface area (TPSA) is 30.7 Å². The van der Waals surface area contributed by atoms with Gasteiger partial charge in [0.15, 0.2) is 0 Å². The average molecular weight is 648 g/mol. The lowest BCUT2D eigenvalue weighted by Crippen LogP contribution is -1.94. The number of hydrogen-bond donors (Lipinski definition) is 0. The molecule has 0 aliphatic heterocycles. The zero-order valence-electron chi connectivity index (χ0n) is 27.6. The summed E-state index contributed by atoms with van der Waals surface area (Å²) in [5, 5.41) is 6.24. The van der Waals surface area contributed by atoms with Gasteiger partial charge in [-0.25, -0.2) is 0 Å². The Bertz CT molecular complexity index is 2850. The van der Waals surface area contributed by atoms with Gasteiger partial charge >= 0.3 is 0 Å². The molecule has 7 aromatic carbocycles. The van der Waals surface area contributed by atoms with E-state index in [0.717, 1.165) is 27.6 Å². The summed E-state index contributed by atoms with van der Waals surface area (Å²) in [6.07, 6.45) is 5.63. The summed E-state index contributed by atoms with van der Waals surface area (Å²) >= 11 is 0. The number of nitrogens with zero attached hydrogens (tertiary/aromatic N) is 3. The van der Waals surface area contributed by atoms with E-state index in [1.165, 1.54) is 77.2 Å². The molecule has 0 spiro atoms. The molecule has 0 unspecified atom stereocenters. The molecule has 3 aromatic heterocycles. The molecule has 10 aromatic rings. The van der Waals surface area contributed by atoms with Gasteiger partial charge in [0.1, 0.15) is 0 Å². The van der Waals surface area contributed by atoms with Crippen LogP contribution in [0.5, 0.6) is 0 Å². The Hall–Kier alpha value is -6.84. The number of hydrogen-bond acceptors (Lipinski definition) is 2. The molecule has 1 aliphatic rings. The van der Waals surface area contributed by atoms with Gasteiger partial charge in [-0.15, -0.1) is 0 Å². The van der Waals surface area contributed by atoms with Crippen LogP contribution in [0.4, 0.5) is 0 Å². The maximum Gasteiger partial charge on any atom is 0.0964 e. The third-order valence-corrected chi connectivity index (χ3v) is 10.7. The predicted molar refractivity (Wildman–Crippen MR) is 212 cm³/mol. The van der Waals surface area contributed by atoms with Gasteiger partial charge in [0.25, 0.3) is 0 Å². The Kier molecular flexibility index (Phi) is 5.96. The molecule has 0 saturated carbocycles. The van der Waals surface area contributed by atoms with E-state index in [-0.39, 0.29) is 0 Å². The van der Waals surface area contributed by atoms with Gasteiger partial charge in [0.2, 0.25) is 0 Å². The number of fused-ring (bicyclic) bond motifs is 7. The summed E-state index contributed by atoms with van der Waals surface area (Å²) < 4.78 is 2.26. The molecule has 236 valence electrons. The van der Waals surface area contributed by atoms with Crippen molar-refractivity contribution in [3.05, 3.63) is 176 Å². The molecule has 0 atom stereocenters. The second-order valence-corrected chi connectivity index (χ2v) is 13.3. The minimum Gasteiger partial charge on any atom is -0.306 e. The van der Waals surface area contributed by atoms with Crippen LogP contribution in [0.15, 0.2) is 176 Å². The van der Waals surface area contributed by atoms with Gasteiger partial charge in [0, 0.05) is 23.5 Å². The fraction of sp³-hybridized carbons (Fsp3) is 0. The Morgan fingerprint density at radius 3 is 1.71 bits per heavy atom. The Morgan fingerprint density at radius 1 is 0.373 bits per heavy atom. The summed E-state index contributed by atoms with van der Waals surface area (Å²) in [6.45, 7) is 0. The molecule has 0 bridgehead atoms. The minimum absolute atomic E-state index is 0.989. The molecule has 3 heterocycles. The largest absolute Gasteiger partial charge is 0.306 e. The Balaban J connectivity index is 1.15. The number of benzene rings is 7. The van der Waals surface area contributed by atoms with Crippen molar-refractivity contribution < 1.29 is 0 Å². The SMILES string of the molecule is c1ccc(-c2c3c(c(-c4ccccc4)c4ccccc24)-c2ccc(-c4ccc(-n5c6cnccc6c6ncccc65)cc4)c4cccc-3c24)cc1. The van der Waals surface area contributed by atoms with Gasteiger partial charge < -0.3 is 4.57 Å². The summed E-state index contributed by atoms with van der Waals surface area (Å²) in [7, 11) is 0. The lowest BCUT2D eigenvalue weighted by molar-refractivity contribution is 1.16. The van der Waals surface area contributed by atoms with E-state index in [9.17, 15) is 0 Å². The highest BCUT2D eigenvalue weighted by Crippen LogP contribution is 2.58. The number of aromatic nitrogens is 3. The molecule has 11 rings (SSSR count). The van der Waals surface area contributed by atoms with Crippen molar-refractivity contribution in [2.45, 2.75) is 0 Å². The maximum atomic E-state index is 4.71. The lowest BCUT2D eigenvalue weighted by Gasteiger charge is -2.20. The van der Waals surface area contributed by atoms with Crippen LogP contribution in [-0.4, -0.2) is 14.5 Å². The summed E-state index contributed by atoms with van der Waals surface area (Å²) in [5.41, 5.74) is 16.9. The fourth-order valence-corrected chi connectivity index (χ4v) is 8.61. The second kappa shape index (κ2) is 10.8. The molecule has 0 amide bonds. The van der Waals surface area contributed by atoms with E-state index in [4.69, 9.17) is 4.98 Å². The van der Waals surface area contributed by atoms with Gasteiger partial charge in [0.05, 0.1) is 22.7 Å². The maximum absolute atomic E-state index is 4.71. The molecule has 0 fully saturated rings. The minimum atomic E-state index is 0.989. The molecule has 0 saturated heterocycles. The van der Waals surface area contributed by atoms with Gasteiger partial charge in [-0.05, 0) is 108 Å². The zero-order valence-corrected chi connectivity index (χ0v) is 27.6. The van der Waals surface area contributed by atoms with Crippen molar-refractivity contribution in [1.82, 2.24) is 14.5 Å². The van der Waals surface area contributed by atoms with Crippen LogP contribution in [-0.2, 0) is 0 Å². The predicted octanol–water partition coefficient (Wildman–Crippen LogP) is 12.5. The zero-order chi connectivity index (χ0) is 33.5. The highest BCUT2D eigenvalue weighted by Gasteiger charge is 2.31. The fourth-order valence-electron chi connectivity index (χ4n) is 8.61. The molecule has 0 N–H and O–H groups in total. The summed E-state index contributed by atoms with van der Waals surface area (Å²) in [5.74, 6) is 0. The van der Waals surface area contributed by atoms with Gasteiger partial charge in [-0.3, -0.25) is 9.97 Å². The van der Waals surface area contributed by atoms with E-state index in [1.807, 2.05) is 24.7 Å². The third-order valence-electron chi connectivity index (χ3n) is 10.7. The summed E-state index contributed by atoms with van der Waals surface area (Å²) in [4.78, 5) is 9.17. The average Bonchev–Trinajstić information content (AvgIpc) is 3.72. The van der Waals surface area contributed by atoms with Crippen molar-refractivity contribution in [3.63, 3.8) is 0 Å². The van der Waals surface area contributed by atoms with Crippen LogP contribution in [0.2, 0.25) is 0 Å². The highest BCUT2D eigenvalue weighted by atomic mass is 15.0. The van der Waals surface area contributed by atoms with Crippen LogP contribution in [0, 0.1) is 0 Å². The molecular formula is C48H29N3. The van der Waals surface area contributed by atoms with Crippen LogP contribution in [0.3, 0.4) is 0 Å². The monoisotopic (exact) mass is 647 g/mol. The van der Waals surface area contributed by atoms with Crippen LogP contribution < -0.4 is 0 Å². The van der Waals surface area contributed by atoms with Crippen molar-refractivity contribution >= 4 is 43.5 Å². The van der Waals surface area contributed by atoms with E-state index < -0.39 is 0 Å². The van der Waals surface area contributed by atoms with E-state index in [2.05, 4.69) is 161 Å². The lowest BCUT2D eigenvalue weighted by atomic mass is 9.82. The van der Waals surface area contributed by atoms with E-state index in [0.29, 0.717) is 0 Å². The van der Waals surface area contributed by atoms with Crippen molar-refractivity contribution in [2.75, 3.05) is 0 Å². The van der Waals surface area contributed by atoms with Crippen molar-refractivity contribution in [2.24, 2.45) is 0 Å². The van der Waals surface area contributed by atoms with Crippen molar-refractivity contribution in [1.29, 1.82) is 0 Å². The molecule has 0 radical (unpaired) electrons. The Morgan fingerprint density at radius 2 is 1.00 bits per heavy atom. The van der Waals surface area contributed by atoms with Crippen LogP contribution >= 0.6 is 0 Å². The Labute approximate surface area is 294 Å². The first-order valence-corrected chi connectivity index (χ1v) is 17.4. The standard InChI is InChI=1S/C48H29N3/c1-3-11-31(12-4-1)43-36-15-7-8-16-37(36)44(32-13-5-2-6-14-32)47-40-25-24-34(35-17-9-18-39(45(35)40)46(43)47)30-20-22-33(23-21-30)51-41-19-10-27-50-48(41)38-26-28-49-29-42(38)51/h1-29H. The first-order valence-electron chi connectivity index (χ1n) is 17.4. The normalized spacial score (nSPS) is 11.9. The smallest absolute Gasteiger partial charge is 0.0964 e. The summed E-state index contributed by atoms with van der Waals surface area (Å²) in [6, 6.07) is 57.4. The highest BCUT2D eigenvalue weighted by molar-refractivity contribution is 6.28. The van der Waals surface area contributed by atoms with Gasteiger partial charge in [-0.1, -0.05) is 127 Å². The molecule has 51 heavy (non-hydrogen) atoms. The molecule has 3 nitrogen and oxygen atoms in total. The first-order chi connectivity index (χ1) is 25.3. The van der Waals surface area contributed by atoms with E-state index in [1.54, 1.807) is 0 Å². The van der Waals surface area contributed by atoms with E-state index >= 15 is 0 Å². The quantitative estimate of drug-likeness (QED) is 0.190. The number of rotatable bonds is 4. The second-order valence-electron chi connectivity index (χ2n) is 13.3. The molecule has 1 aliphatic carbocycles. The third kappa shape index (κ3) is 4.00. The van der Waals surface area contributed by atoms with Crippen molar-refractivity contribution in [3.8, 4) is 61.3 Å². The first kappa shape index (κ1) is 28.0. The number of pyridine rings is 2. The van der Waals surface area contributed by atoms with Gasteiger partial charge in [-0.2, -0.15) is 0 Å². The molecular weight excluding hydrogens is 619 g/mol. The molecule has 3 heteroatoms.